The molecule has 2 fully saturated rings. The minimum Gasteiger partial charge on any atom is -0.335 e. The van der Waals surface area contributed by atoms with E-state index in [2.05, 4.69) is 107 Å². The quantitative estimate of drug-likeness (QED) is 0.324. The second-order valence-corrected chi connectivity index (χ2v) is 18.3. The van der Waals surface area contributed by atoms with Crippen molar-refractivity contribution in [1.29, 1.82) is 0 Å². The predicted molar refractivity (Wildman–Crippen MR) is 170 cm³/mol. The fourth-order valence-electron chi connectivity index (χ4n) is 4.82. The van der Waals surface area contributed by atoms with E-state index in [4.69, 9.17) is 27.1 Å². The summed E-state index contributed by atoms with van der Waals surface area (Å²) < 4.78 is 38.2. The number of benzene rings is 2. The molecule has 0 amide bonds. The normalized spacial score (nSPS) is 19.7. The molecule has 0 bridgehead atoms. The van der Waals surface area contributed by atoms with Gasteiger partial charge in [-0.05, 0) is 44.9 Å². The maximum Gasteiger partial charge on any atom is 0.669 e. The lowest BCUT2D eigenvalue weighted by atomic mass is 9.80. The lowest BCUT2D eigenvalue weighted by molar-refractivity contribution is -0.0754. The highest BCUT2D eigenvalue weighted by Gasteiger charge is 2.61. The summed E-state index contributed by atoms with van der Waals surface area (Å²) >= 11 is 0. The average molecular weight is 606 g/mol. The third kappa shape index (κ3) is 7.64. The van der Waals surface area contributed by atoms with E-state index in [0.29, 0.717) is 26.4 Å². The maximum atomic E-state index is 6.84. The minimum atomic E-state index is -3.34. The Hall–Kier alpha value is -1.26. The van der Waals surface area contributed by atoms with E-state index < -0.39 is 8.17 Å². The van der Waals surface area contributed by atoms with Gasteiger partial charge < -0.3 is 9.05 Å². The van der Waals surface area contributed by atoms with Crippen LogP contribution in [0.15, 0.2) is 36.4 Å². The molecule has 4 rings (SSSR count). The summed E-state index contributed by atoms with van der Waals surface area (Å²) in [6.45, 7) is 28.3. The molecule has 2 aliphatic heterocycles. The predicted octanol–water partition coefficient (Wildman–Crippen LogP) is 9.60. The molecule has 0 atom stereocenters. The van der Waals surface area contributed by atoms with Gasteiger partial charge in [0.15, 0.2) is 20.5 Å². The van der Waals surface area contributed by atoms with Crippen LogP contribution in [0.25, 0.3) is 0 Å². The molecule has 8 heteroatoms. The Morgan fingerprint density at radius 1 is 0.585 bits per heavy atom. The highest BCUT2D eigenvalue weighted by molar-refractivity contribution is 7.57. The van der Waals surface area contributed by atoms with Crippen molar-refractivity contribution < 1.29 is 27.1 Å². The van der Waals surface area contributed by atoms with Crippen molar-refractivity contribution >= 4 is 17.2 Å². The minimum absolute atomic E-state index is 0.00410. The van der Waals surface area contributed by atoms with Crippen LogP contribution in [0.3, 0.4) is 0 Å². The molecule has 0 radical (unpaired) electrons. The molecule has 0 N–H and O–H groups in total. The largest absolute Gasteiger partial charge is 0.669 e. The van der Waals surface area contributed by atoms with Gasteiger partial charge in [0.2, 0.25) is 0 Å². The first-order valence-corrected chi connectivity index (χ1v) is 16.9. The fraction of sp³-hybridized carbons (Fsp3) is 0.636. The smallest absolute Gasteiger partial charge is 0.335 e. The van der Waals surface area contributed by atoms with Crippen LogP contribution < -0.4 is 9.05 Å². The van der Waals surface area contributed by atoms with E-state index in [9.17, 15) is 0 Å². The molecule has 0 aromatic heterocycles. The van der Waals surface area contributed by atoms with Crippen LogP contribution in [0.1, 0.15) is 105 Å². The first kappa shape index (κ1) is 32.6. The highest BCUT2D eigenvalue weighted by Crippen LogP contribution is 2.67. The summed E-state index contributed by atoms with van der Waals surface area (Å²) in [7, 11) is -3.29. The highest BCUT2D eigenvalue weighted by atomic mass is 31.2. The van der Waals surface area contributed by atoms with Crippen molar-refractivity contribution in [3.8, 4) is 11.5 Å². The molecule has 0 aliphatic carbocycles. The molecule has 2 heterocycles. The standard InChI is InChI=1S/C33H51O6P2/c1-29(2,3)23-13-15-27(25(17-23)31(7,8)9)38-41(36-21-33(22-37-41)19-34-40-35-20-33)39-28-16-14-24(30(4,5)6)18-26(28)32(10,11)12/h13-18,40H,19-22H2,1-12H3/q+1. The molecule has 0 saturated carbocycles. The Morgan fingerprint density at radius 3 is 1.32 bits per heavy atom. The van der Waals surface area contributed by atoms with Crippen molar-refractivity contribution in [2.75, 3.05) is 26.4 Å². The molecule has 2 saturated heterocycles. The summed E-state index contributed by atoms with van der Waals surface area (Å²) in [5.74, 6) is 1.44. The van der Waals surface area contributed by atoms with Gasteiger partial charge in [0.05, 0.1) is 18.6 Å². The van der Waals surface area contributed by atoms with Gasteiger partial charge in [-0.1, -0.05) is 107 Å². The van der Waals surface area contributed by atoms with Crippen molar-refractivity contribution in [2.24, 2.45) is 5.41 Å². The Balaban J connectivity index is 1.79. The van der Waals surface area contributed by atoms with Crippen LogP contribution in [-0.2, 0) is 39.8 Å². The van der Waals surface area contributed by atoms with E-state index >= 15 is 0 Å². The van der Waals surface area contributed by atoms with Gasteiger partial charge in [0.1, 0.15) is 13.2 Å². The van der Waals surface area contributed by atoms with Crippen molar-refractivity contribution in [1.82, 2.24) is 0 Å². The molecular formula is C33H51O6P2+. The summed E-state index contributed by atoms with van der Waals surface area (Å²) in [5, 5.41) is 0. The molecule has 228 valence electrons. The molecule has 1 spiro atoms. The summed E-state index contributed by atoms with van der Waals surface area (Å²) in [6.07, 6.45) is 0. The lowest BCUT2D eigenvalue weighted by Crippen LogP contribution is -2.46. The van der Waals surface area contributed by atoms with Gasteiger partial charge in [0, 0.05) is 11.1 Å². The van der Waals surface area contributed by atoms with Crippen LogP contribution in [0.4, 0.5) is 0 Å². The zero-order valence-electron chi connectivity index (χ0n) is 27.2. The third-order valence-electron chi connectivity index (χ3n) is 7.66. The first-order valence-electron chi connectivity index (χ1n) is 14.6. The maximum absolute atomic E-state index is 6.84. The Kier molecular flexibility index (Phi) is 9.03. The van der Waals surface area contributed by atoms with E-state index in [-0.39, 0.29) is 36.1 Å². The fourth-order valence-corrected chi connectivity index (χ4v) is 7.62. The Labute approximate surface area is 250 Å². The third-order valence-corrected chi connectivity index (χ3v) is 9.92. The Bertz CT molecular complexity index is 1130. The monoisotopic (exact) mass is 605 g/mol. The average Bonchev–Trinajstić information content (AvgIpc) is 2.84. The van der Waals surface area contributed by atoms with Crippen LogP contribution in [0.5, 0.6) is 11.5 Å². The van der Waals surface area contributed by atoms with Gasteiger partial charge in [0.25, 0.3) is 0 Å². The number of hydrogen-bond acceptors (Lipinski definition) is 6. The van der Waals surface area contributed by atoms with Crippen molar-refractivity contribution in [3.05, 3.63) is 58.7 Å². The van der Waals surface area contributed by atoms with E-state index in [1.807, 2.05) is 12.1 Å². The first-order chi connectivity index (χ1) is 18.7. The molecule has 2 aromatic carbocycles. The molecule has 0 unspecified atom stereocenters. The number of rotatable bonds is 4. The topological polar surface area (TPSA) is 55.4 Å². The van der Waals surface area contributed by atoms with Crippen LogP contribution in [0, 0.1) is 5.41 Å². The van der Waals surface area contributed by atoms with E-state index in [0.717, 1.165) is 22.6 Å². The molecule has 2 aromatic rings. The van der Waals surface area contributed by atoms with Crippen LogP contribution in [-0.4, -0.2) is 26.4 Å². The molecule has 2 aliphatic rings. The zero-order chi connectivity index (χ0) is 30.5. The molecule has 41 heavy (non-hydrogen) atoms. The zero-order valence-corrected chi connectivity index (χ0v) is 29.1. The summed E-state index contributed by atoms with van der Waals surface area (Å²) in [5.41, 5.74) is 3.95. The number of hydrogen-bond donors (Lipinski definition) is 0. The molecule has 6 nitrogen and oxygen atoms in total. The lowest BCUT2D eigenvalue weighted by Gasteiger charge is -2.39. The van der Waals surface area contributed by atoms with Crippen molar-refractivity contribution in [3.63, 3.8) is 0 Å². The second-order valence-electron chi connectivity index (χ2n) is 15.8. The van der Waals surface area contributed by atoms with Crippen LogP contribution in [0.2, 0.25) is 0 Å². The van der Waals surface area contributed by atoms with Crippen LogP contribution >= 0.6 is 17.2 Å². The van der Waals surface area contributed by atoms with Gasteiger partial charge in [-0.2, -0.15) is 0 Å². The van der Waals surface area contributed by atoms with E-state index in [1.54, 1.807) is 0 Å². The Morgan fingerprint density at radius 2 is 0.976 bits per heavy atom. The summed E-state index contributed by atoms with van der Waals surface area (Å²) in [6, 6.07) is 12.9. The van der Waals surface area contributed by atoms with Gasteiger partial charge in [-0.15, -0.1) is 9.05 Å². The van der Waals surface area contributed by atoms with Gasteiger partial charge in [-0.3, -0.25) is 9.05 Å². The van der Waals surface area contributed by atoms with Gasteiger partial charge in [-0.25, -0.2) is 0 Å². The van der Waals surface area contributed by atoms with E-state index in [1.165, 1.54) is 11.1 Å². The molecular weight excluding hydrogens is 554 g/mol. The van der Waals surface area contributed by atoms with Gasteiger partial charge >= 0.3 is 8.17 Å². The summed E-state index contributed by atoms with van der Waals surface area (Å²) in [4.78, 5) is 0. The second kappa shape index (κ2) is 11.3. The van der Waals surface area contributed by atoms with Crippen molar-refractivity contribution in [2.45, 2.75) is 105 Å². The SMILES string of the molecule is CC(C)(C)c1ccc(O[P+]2(Oc3ccc(C(C)(C)C)cc3C(C)(C)C)OCC3(COPOC3)CO2)c(C(C)(C)C)c1.